The van der Waals surface area contributed by atoms with Crippen molar-refractivity contribution in [2.75, 3.05) is 26.7 Å². The molecule has 3 amide bonds. The number of esters is 1. The Hall–Kier alpha value is -2.94. The SMILES string of the molecule is CCCCCNC(=O)CN1[C@@H]2CC[C@H]1[C@@H](C(=O)NCCCCCC(=O)NO)[C@@H]2C(=O)OC.O=C(O)C(F)(F)F. The van der Waals surface area contributed by atoms with Crippen molar-refractivity contribution in [3.8, 4) is 0 Å². The zero-order valence-corrected chi connectivity index (χ0v) is 22.2. The number of nitrogens with one attached hydrogen (secondary N) is 3. The maximum atomic E-state index is 13.0. The summed E-state index contributed by atoms with van der Waals surface area (Å²) in [6.45, 7) is 3.38. The Morgan fingerprint density at radius 3 is 2.00 bits per heavy atom. The zero-order valence-electron chi connectivity index (χ0n) is 22.2. The van der Waals surface area contributed by atoms with Gasteiger partial charge in [0.05, 0.1) is 25.5 Å². The Bertz CT molecular complexity index is 843. The third kappa shape index (κ3) is 11.0. The predicted octanol–water partition coefficient (Wildman–Crippen LogP) is 1.36. The highest BCUT2D eigenvalue weighted by Crippen LogP contribution is 2.46. The van der Waals surface area contributed by atoms with Crippen LogP contribution in [0.5, 0.6) is 0 Å². The number of methoxy groups -OCH3 is 1. The van der Waals surface area contributed by atoms with E-state index in [1.807, 2.05) is 4.90 Å². The molecule has 2 aliphatic heterocycles. The number of hydroxylamine groups is 1. The van der Waals surface area contributed by atoms with Crippen molar-refractivity contribution in [3.05, 3.63) is 0 Å². The molecule has 2 saturated heterocycles. The van der Waals surface area contributed by atoms with Crippen molar-refractivity contribution < 1.29 is 52.2 Å². The quantitative estimate of drug-likeness (QED) is 0.0897. The number of unbranched alkanes of at least 4 members (excludes halogenated alkanes) is 4. The van der Waals surface area contributed by atoms with Crippen molar-refractivity contribution in [1.82, 2.24) is 21.0 Å². The first-order valence-corrected chi connectivity index (χ1v) is 13.0. The van der Waals surface area contributed by atoms with Gasteiger partial charge >= 0.3 is 18.1 Å². The fourth-order valence-corrected chi connectivity index (χ4v) is 4.98. The number of amides is 3. The number of carboxylic acid groups (broad SMARTS) is 1. The summed E-state index contributed by atoms with van der Waals surface area (Å²) in [6.07, 6.45) is 1.82. The molecule has 0 saturated carbocycles. The van der Waals surface area contributed by atoms with Gasteiger partial charge in [-0.25, -0.2) is 10.3 Å². The lowest BCUT2D eigenvalue weighted by Gasteiger charge is -2.26. The summed E-state index contributed by atoms with van der Waals surface area (Å²) in [7, 11) is 1.33. The molecule has 0 aromatic carbocycles. The number of carbonyl (C=O) groups excluding carboxylic acids is 4. The summed E-state index contributed by atoms with van der Waals surface area (Å²) in [6, 6.07) is -0.319. The molecule has 2 rings (SSSR count). The first-order valence-electron chi connectivity index (χ1n) is 13.0. The van der Waals surface area contributed by atoms with Gasteiger partial charge in [0.15, 0.2) is 0 Å². The van der Waals surface area contributed by atoms with Crippen LogP contribution in [0.4, 0.5) is 13.2 Å². The van der Waals surface area contributed by atoms with Crippen molar-refractivity contribution >= 4 is 29.7 Å². The van der Waals surface area contributed by atoms with Gasteiger partial charge in [-0.05, 0) is 32.1 Å². The number of carbonyl (C=O) groups is 5. The van der Waals surface area contributed by atoms with E-state index in [0.717, 1.165) is 38.5 Å². The average molecular weight is 569 g/mol. The van der Waals surface area contributed by atoms with E-state index in [1.54, 1.807) is 5.48 Å². The van der Waals surface area contributed by atoms with Gasteiger partial charge < -0.3 is 20.5 Å². The molecule has 2 bridgehead atoms. The minimum Gasteiger partial charge on any atom is -0.475 e. The molecular weight excluding hydrogens is 529 g/mol. The summed E-state index contributed by atoms with van der Waals surface area (Å²) in [5.41, 5.74) is 1.60. The third-order valence-corrected chi connectivity index (χ3v) is 6.78. The lowest BCUT2D eigenvalue weighted by molar-refractivity contribution is -0.192. The van der Waals surface area contributed by atoms with Gasteiger partial charge in [0.25, 0.3) is 0 Å². The van der Waals surface area contributed by atoms with Crippen molar-refractivity contribution in [2.24, 2.45) is 11.8 Å². The summed E-state index contributed by atoms with van der Waals surface area (Å²) < 4.78 is 36.7. The Kier molecular flexibility index (Phi) is 14.8. The van der Waals surface area contributed by atoms with Gasteiger partial charge in [-0.15, -0.1) is 0 Å². The van der Waals surface area contributed by atoms with Crippen LogP contribution in [0.15, 0.2) is 0 Å². The molecular formula is C24H39F3N4O8. The minimum atomic E-state index is -5.08. The Morgan fingerprint density at radius 2 is 1.46 bits per heavy atom. The highest BCUT2D eigenvalue weighted by molar-refractivity contribution is 5.88. The molecule has 2 aliphatic rings. The van der Waals surface area contributed by atoms with Crippen LogP contribution in [-0.2, 0) is 28.7 Å². The molecule has 39 heavy (non-hydrogen) atoms. The smallest absolute Gasteiger partial charge is 0.475 e. The second-order valence-corrected chi connectivity index (χ2v) is 9.46. The van der Waals surface area contributed by atoms with Crippen LogP contribution in [0, 0.1) is 11.8 Å². The normalized spacial score (nSPS) is 21.9. The minimum absolute atomic E-state index is 0.0745. The summed E-state index contributed by atoms with van der Waals surface area (Å²) in [5, 5.41) is 21.5. The number of halogens is 3. The monoisotopic (exact) mass is 568 g/mol. The largest absolute Gasteiger partial charge is 0.490 e. The molecule has 0 unspecified atom stereocenters. The first kappa shape index (κ1) is 34.1. The number of carboxylic acids is 1. The second-order valence-electron chi connectivity index (χ2n) is 9.46. The molecule has 12 nitrogen and oxygen atoms in total. The highest BCUT2D eigenvalue weighted by Gasteiger charge is 2.59. The topological polar surface area (TPSA) is 174 Å². The van der Waals surface area contributed by atoms with Gasteiger partial charge in [0.1, 0.15) is 0 Å². The number of alkyl halides is 3. The van der Waals surface area contributed by atoms with E-state index in [9.17, 15) is 32.3 Å². The Balaban J connectivity index is 0.000000956. The van der Waals surface area contributed by atoms with Crippen LogP contribution >= 0.6 is 0 Å². The number of fused-ring (bicyclic) bond motifs is 2. The van der Waals surface area contributed by atoms with E-state index >= 15 is 0 Å². The fraction of sp³-hybridized carbons (Fsp3) is 0.792. The summed E-state index contributed by atoms with van der Waals surface area (Å²) >= 11 is 0. The molecule has 15 heteroatoms. The standard InChI is InChI=1S/C22H38N4O6.C2HF3O2/c1-3-4-7-12-23-18(28)14-26-15-10-11-16(26)20(22(30)32-2)19(15)21(29)24-13-8-5-6-9-17(27)25-31;3-2(4,5)1(6)7/h15-16,19-20,31H,3-14H2,1-2H3,(H,23,28)(H,24,29)(H,25,27);(H,6,7)/t15-,16+,19+,20+;/m0./s1. The van der Waals surface area contributed by atoms with E-state index in [0.29, 0.717) is 25.9 Å². The van der Waals surface area contributed by atoms with Gasteiger partial charge in [0, 0.05) is 31.6 Å². The molecule has 224 valence electrons. The maximum absolute atomic E-state index is 13.0. The Labute approximate surface area is 224 Å². The number of hydrogen-bond acceptors (Lipinski definition) is 8. The van der Waals surface area contributed by atoms with Crippen LogP contribution in [0.3, 0.4) is 0 Å². The van der Waals surface area contributed by atoms with Crippen LogP contribution in [0.1, 0.15) is 64.7 Å². The molecule has 0 radical (unpaired) electrons. The lowest BCUT2D eigenvalue weighted by Crippen LogP contribution is -2.44. The van der Waals surface area contributed by atoms with Gasteiger partial charge in [-0.1, -0.05) is 26.2 Å². The predicted molar refractivity (Wildman–Crippen MR) is 130 cm³/mol. The molecule has 2 heterocycles. The number of nitrogens with zero attached hydrogens (tertiary/aromatic N) is 1. The summed E-state index contributed by atoms with van der Waals surface area (Å²) in [4.78, 5) is 59.9. The molecule has 0 spiro atoms. The number of ether oxygens (including phenoxy) is 1. The number of rotatable bonds is 14. The number of hydrogen-bond donors (Lipinski definition) is 5. The molecule has 5 N–H and O–H groups in total. The number of aliphatic carboxylic acids is 1. The van der Waals surface area contributed by atoms with Crippen molar-refractivity contribution in [2.45, 2.75) is 83.0 Å². The second kappa shape index (κ2) is 16.9. The van der Waals surface area contributed by atoms with Crippen molar-refractivity contribution in [3.63, 3.8) is 0 Å². The van der Waals surface area contributed by atoms with E-state index in [4.69, 9.17) is 19.8 Å². The van der Waals surface area contributed by atoms with Crippen LogP contribution in [0.25, 0.3) is 0 Å². The molecule has 4 atom stereocenters. The molecule has 0 aromatic rings. The zero-order chi connectivity index (χ0) is 29.6. The Morgan fingerprint density at radius 1 is 0.897 bits per heavy atom. The third-order valence-electron chi connectivity index (χ3n) is 6.78. The van der Waals surface area contributed by atoms with E-state index in [1.165, 1.54) is 7.11 Å². The highest BCUT2D eigenvalue weighted by atomic mass is 19.4. The van der Waals surface area contributed by atoms with Crippen LogP contribution in [0.2, 0.25) is 0 Å². The molecule has 2 fully saturated rings. The van der Waals surface area contributed by atoms with E-state index in [2.05, 4.69) is 17.6 Å². The van der Waals surface area contributed by atoms with Crippen LogP contribution < -0.4 is 16.1 Å². The fourth-order valence-electron chi connectivity index (χ4n) is 4.98. The maximum Gasteiger partial charge on any atom is 0.490 e. The molecule has 0 aliphatic carbocycles. The average Bonchev–Trinajstić information content (AvgIpc) is 3.42. The van der Waals surface area contributed by atoms with E-state index < -0.39 is 35.9 Å². The summed E-state index contributed by atoms with van der Waals surface area (Å²) in [5.74, 6) is -4.95. The van der Waals surface area contributed by atoms with E-state index in [-0.39, 0.29) is 36.9 Å². The lowest BCUT2D eigenvalue weighted by atomic mass is 9.78. The van der Waals surface area contributed by atoms with Gasteiger partial charge in [-0.2, -0.15) is 13.2 Å². The van der Waals surface area contributed by atoms with Crippen molar-refractivity contribution in [1.29, 1.82) is 0 Å². The van der Waals surface area contributed by atoms with Crippen LogP contribution in [-0.4, -0.2) is 89.9 Å². The first-order chi connectivity index (χ1) is 18.4. The van der Waals surface area contributed by atoms with Gasteiger partial charge in [-0.3, -0.25) is 29.3 Å². The molecule has 0 aromatic heterocycles. The van der Waals surface area contributed by atoms with Gasteiger partial charge in [0.2, 0.25) is 17.7 Å².